The van der Waals surface area contributed by atoms with E-state index in [1.807, 2.05) is 152 Å². The van der Waals surface area contributed by atoms with Gasteiger partial charge in [0.25, 0.3) is 0 Å². The summed E-state index contributed by atoms with van der Waals surface area (Å²) in [4.78, 5) is 7.53. The fraction of sp³-hybridized carbons (Fsp3) is 0. The van der Waals surface area contributed by atoms with Crippen molar-refractivity contribution in [2.45, 2.75) is 0 Å². The van der Waals surface area contributed by atoms with E-state index < -0.39 is 0 Å². The van der Waals surface area contributed by atoms with Crippen molar-refractivity contribution in [3.8, 4) is 97.9 Å². The molecular weight excluding hydrogens is 1560 g/mol. The third-order valence-electron chi connectivity index (χ3n) is 24.7. The average Bonchev–Trinajstić information content (AvgIpc) is 1.56. The van der Waals surface area contributed by atoms with E-state index in [1.165, 1.54) is 10.8 Å². The van der Waals surface area contributed by atoms with Gasteiger partial charge in [-0.3, -0.25) is 0 Å². The van der Waals surface area contributed by atoms with Crippen LogP contribution in [0.1, 0.15) is 27.8 Å². The van der Waals surface area contributed by atoms with E-state index in [9.17, 15) is 26.3 Å². The SMILES string of the molecule is N#Cc1ccc(-n2c3ccccc3c3c(-c4cccc5c6cc(C#N)ccc6n(-c6ccccc6)c45)cccc32)cc1.[C-]#[N+]c1cccc(-n2c3ccccc3c3c(-c4cccc5c6cc(C#N)ccc6n(-c6ccccc6)c45)cccc32)c1.[C-]#[N+]c1ccccc1-n1c2ccccc2c2c(-c3cccc4c5cc(C#N)ccc5n(-c5cccc(C#N)c5)c34)cccc21. The first-order valence-corrected chi connectivity index (χ1v) is 41.8. The zero-order valence-electron chi connectivity index (χ0n) is 68.3. The fourth-order valence-electron chi connectivity index (χ4n) is 19.4. The summed E-state index contributed by atoms with van der Waals surface area (Å²) in [5, 5.41) is 61.4. The van der Waals surface area contributed by atoms with Gasteiger partial charge in [0.05, 0.1) is 143 Å². The molecular formula is C115H65N13. The Morgan fingerprint density at radius 2 is 0.500 bits per heavy atom. The van der Waals surface area contributed by atoms with E-state index in [0.717, 1.165) is 188 Å². The molecule has 0 aliphatic rings. The Morgan fingerprint density at radius 3 is 0.938 bits per heavy atom. The molecule has 13 nitrogen and oxygen atoms in total. The third kappa shape index (κ3) is 12.1. The fourth-order valence-corrected chi connectivity index (χ4v) is 19.4. The number of hydrogen-bond acceptors (Lipinski definition) is 5. The highest BCUT2D eigenvalue weighted by atomic mass is 15.0. The number of aromatic nitrogens is 6. The molecule has 18 aromatic carbocycles. The molecule has 0 radical (unpaired) electrons. The van der Waals surface area contributed by atoms with Crippen LogP contribution in [0.5, 0.6) is 0 Å². The maximum absolute atomic E-state index is 9.73. The van der Waals surface area contributed by atoms with Gasteiger partial charge in [0, 0.05) is 110 Å². The van der Waals surface area contributed by atoms with Gasteiger partial charge in [-0.25, -0.2) is 9.69 Å². The molecule has 24 aromatic rings. The lowest BCUT2D eigenvalue weighted by Crippen LogP contribution is -1.97. The second kappa shape index (κ2) is 31.0. The van der Waals surface area contributed by atoms with Gasteiger partial charge in [0.2, 0.25) is 5.69 Å². The van der Waals surface area contributed by atoms with Crippen LogP contribution in [-0.2, 0) is 0 Å². The first-order chi connectivity index (χ1) is 63.2. The van der Waals surface area contributed by atoms with Crippen molar-refractivity contribution in [3.05, 3.63) is 445 Å². The first kappa shape index (κ1) is 75.4. The van der Waals surface area contributed by atoms with Crippen molar-refractivity contribution in [2.75, 3.05) is 0 Å². The molecule has 0 N–H and O–H groups in total. The minimum absolute atomic E-state index is 0.576. The van der Waals surface area contributed by atoms with Crippen molar-refractivity contribution in [1.82, 2.24) is 27.4 Å². The first-order valence-electron chi connectivity index (χ1n) is 41.8. The van der Waals surface area contributed by atoms with Gasteiger partial charge in [-0.1, -0.05) is 218 Å². The summed E-state index contributed by atoms with van der Waals surface area (Å²) in [7, 11) is 0. The second-order valence-corrected chi connectivity index (χ2v) is 31.5. The zero-order chi connectivity index (χ0) is 86.2. The molecule has 0 bridgehead atoms. The molecule has 6 aromatic heterocycles. The summed E-state index contributed by atoms with van der Waals surface area (Å²) in [6, 6.07) is 145. The van der Waals surface area contributed by atoms with Crippen LogP contribution in [0.2, 0.25) is 0 Å². The van der Waals surface area contributed by atoms with Crippen LogP contribution in [0, 0.1) is 69.8 Å². The molecule has 0 amide bonds. The Bertz CT molecular complexity index is 9110. The van der Waals surface area contributed by atoms with E-state index in [1.54, 1.807) is 0 Å². The number of fused-ring (bicyclic) bond motifs is 18. The summed E-state index contributed by atoms with van der Waals surface area (Å²) in [5.41, 5.74) is 29.5. The van der Waals surface area contributed by atoms with Crippen LogP contribution in [0.15, 0.2) is 394 Å². The second-order valence-electron chi connectivity index (χ2n) is 31.5. The van der Waals surface area contributed by atoms with Crippen molar-refractivity contribution >= 4 is 142 Å². The van der Waals surface area contributed by atoms with Crippen LogP contribution in [0.4, 0.5) is 11.4 Å². The predicted octanol–water partition coefficient (Wildman–Crippen LogP) is 29.1. The Morgan fingerprint density at radius 1 is 0.195 bits per heavy atom. The van der Waals surface area contributed by atoms with Crippen molar-refractivity contribution in [2.24, 2.45) is 0 Å². The molecule has 13 heteroatoms. The Kier molecular flexibility index (Phi) is 18.3. The minimum atomic E-state index is 0.576. The van der Waals surface area contributed by atoms with Crippen molar-refractivity contribution in [1.29, 1.82) is 26.3 Å². The van der Waals surface area contributed by atoms with Crippen LogP contribution in [0.3, 0.4) is 0 Å². The van der Waals surface area contributed by atoms with Gasteiger partial charge in [-0.15, -0.1) is 0 Å². The molecule has 24 rings (SSSR count). The Balaban J connectivity index is 0.000000113. The van der Waals surface area contributed by atoms with Gasteiger partial charge >= 0.3 is 0 Å². The standard InChI is InChI=1S/C39H21N5.2C38H22N4/c1-42-33-15-3-5-17-36(33)44-34-16-4-2-11-31(34)38-28(12-8-18-37(38)44)29-13-7-14-30-32-22-26(24-41)19-20-35(32)43(39(29)30)27-10-6-9-25(21-27)23-40;1-40-26-10-7-13-28(23-26)41-34-18-6-5-14-32(34)37-29(15-9-19-36(37)41)30-16-8-17-31-33-22-25(24-39)20-21-35(33)42(38(30)31)27-11-3-2-4-12-27;39-23-25-16-19-28(20-17-25)41-34-14-5-4-10-32(34)37-29(11-7-15-36(37)41)30-12-6-13-31-33-22-26(24-40)18-21-35(33)42(38(30)31)27-8-2-1-3-9-27/h2-22H;2-23H;1-22H. The molecule has 590 valence electrons. The molecule has 0 spiro atoms. The summed E-state index contributed by atoms with van der Waals surface area (Å²) in [6.07, 6.45) is 0. The summed E-state index contributed by atoms with van der Waals surface area (Å²) in [5.74, 6) is 0. The van der Waals surface area contributed by atoms with Crippen LogP contribution >= 0.6 is 0 Å². The minimum Gasteiger partial charge on any atom is -0.319 e. The predicted molar refractivity (Wildman–Crippen MR) is 518 cm³/mol. The van der Waals surface area contributed by atoms with Crippen LogP contribution < -0.4 is 0 Å². The highest BCUT2D eigenvalue weighted by Gasteiger charge is 2.27. The number of nitriles is 5. The lowest BCUT2D eigenvalue weighted by atomic mass is 9.97. The molecule has 0 atom stereocenters. The van der Waals surface area contributed by atoms with E-state index in [0.29, 0.717) is 39.2 Å². The largest absolute Gasteiger partial charge is 0.319 e. The highest BCUT2D eigenvalue weighted by Crippen LogP contribution is 2.49. The van der Waals surface area contributed by atoms with E-state index in [2.05, 4.69) is 310 Å². The summed E-state index contributed by atoms with van der Waals surface area (Å²) >= 11 is 0. The number of hydrogen-bond donors (Lipinski definition) is 0. The zero-order valence-corrected chi connectivity index (χ0v) is 68.3. The quantitative estimate of drug-likeness (QED) is 0.131. The number of benzene rings is 18. The van der Waals surface area contributed by atoms with E-state index in [4.69, 9.17) is 13.1 Å². The molecule has 0 aliphatic heterocycles. The number of nitrogens with zero attached hydrogens (tertiary/aromatic N) is 13. The van der Waals surface area contributed by atoms with Gasteiger partial charge in [-0.05, 0) is 193 Å². The van der Waals surface area contributed by atoms with Gasteiger partial charge < -0.3 is 27.4 Å². The summed E-state index contributed by atoms with van der Waals surface area (Å²) in [6.45, 7) is 15.4. The highest BCUT2D eigenvalue weighted by molar-refractivity contribution is 6.25. The maximum Gasteiger partial charge on any atom is 0.210 e. The third-order valence-corrected chi connectivity index (χ3v) is 24.7. The van der Waals surface area contributed by atoms with Crippen molar-refractivity contribution < 1.29 is 0 Å². The van der Waals surface area contributed by atoms with Crippen LogP contribution in [-0.4, -0.2) is 27.4 Å². The molecule has 0 unspecified atom stereocenters. The Labute approximate surface area is 733 Å². The van der Waals surface area contributed by atoms with E-state index >= 15 is 0 Å². The maximum atomic E-state index is 9.73. The van der Waals surface area contributed by atoms with E-state index in [-0.39, 0.29) is 0 Å². The lowest BCUT2D eigenvalue weighted by Gasteiger charge is -2.13. The van der Waals surface area contributed by atoms with Crippen LogP contribution in [0.25, 0.3) is 208 Å². The normalized spacial score (nSPS) is 11.2. The van der Waals surface area contributed by atoms with Gasteiger partial charge in [0.1, 0.15) is 0 Å². The summed E-state index contributed by atoms with van der Waals surface area (Å²) < 4.78 is 13.6. The van der Waals surface area contributed by atoms with Gasteiger partial charge in [-0.2, -0.15) is 26.3 Å². The molecule has 0 fully saturated rings. The van der Waals surface area contributed by atoms with Crippen molar-refractivity contribution in [3.63, 3.8) is 0 Å². The number of para-hydroxylation sites is 10. The number of rotatable bonds is 9. The molecule has 6 heterocycles. The Hall–Kier alpha value is -18.8. The smallest absolute Gasteiger partial charge is 0.210 e. The average molecular weight is 1630 g/mol. The monoisotopic (exact) mass is 1630 g/mol. The topological polar surface area (TPSA) is 157 Å². The van der Waals surface area contributed by atoms with Gasteiger partial charge in [0.15, 0.2) is 5.69 Å². The molecule has 0 saturated carbocycles. The molecule has 128 heavy (non-hydrogen) atoms. The molecule has 0 saturated heterocycles. The lowest BCUT2D eigenvalue weighted by molar-refractivity contribution is 1.18. The molecule has 0 aliphatic carbocycles.